The summed E-state index contributed by atoms with van der Waals surface area (Å²) in [4.78, 5) is 3.68. The predicted octanol–water partition coefficient (Wildman–Crippen LogP) is 2.44. The Morgan fingerprint density at radius 1 is 1.58 bits per heavy atom. The van der Waals surface area contributed by atoms with E-state index in [0.29, 0.717) is 5.56 Å². The van der Waals surface area contributed by atoms with Crippen molar-refractivity contribution in [3.8, 4) is 5.75 Å². The second-order valence-electron chi connectivity index (χ2n) is 2.87. The van der Waals surface area contributed by atoms with Crippen LogP contribution in [0.5, 0.6) is 5.75 Å². The van der Waals surface area contributed by atoms with Crippen LogP contribution < -0.4 is 0 Å². The third-order valence-corrected chi connectivity index (χ3v) is 2.04. The Balaban J connectivity index is 3.07. The average molecular weight is 169 g/mol. The summed E-state index contributed by atoms with van der Waals surface area (Å²) in [5.41, 5.74) is 0.581. The fraction of sp³-hybridized carbons (Fsp3) is 0.444. The summed E-state index contributed by atoms with van der Waals surface area (Å²) in [6.45, 7) is 3.91. The van der Waals surface area contributed by atoms with Crippen molar-refractivity contribution in [2.24, 2.45) is 0 Å². The van der Waals surface area contributed by atoms with Gasteiger partial charge >= 0.3 is 0 Å². The minimum absolute atomic E-state index is 0.146. The predicted molar refractivity (Wildman–Crippen MR) is 44.6 cm³/mol. The van der Waals surface area contributed by atoms with Crippen LogP contribution in [0.1, 0.15) is 31.7 Å². The van der Waals surface area contributed by atoms with E-state index in [1.165, 1.54) is 6.20 Å². The normalized spacial score (nSPS) is 12.9. The van der Waals surface area contributed by atoms with Gasteiger partial charge in [0.1, 0.15) is 0 Å². The van der Waals surface area contributed by atoms with Gasteiger partial charge in [-0.25, -0.2) is 4.39 Å². The fourth-order valence-electron chi connectivity index (χ4n) is 1.02. The molecule has 3 heteroatoms. The quantitative estimate of drug-likeness (QED) is 0.737. The van der Waals surface area contributed by atoms with E-state index in [2.05, 4.69) is 4.98 Å². The van der Waals surface area contributed by atoms with Gasteiger partial charge in [0.15, 0.2) is 11.6 Å². The van der Waals surface area contributed by atoms with Crippen LogP contribution in [-0.2, 0) is 0 Å². The second-order valence-corrected chi connectivity index (χ2v) is 2.87. The van der Waals surface area contributed by atoms with E-state index in [0.717, 1.165) is 12.6 Å². The molecule has 0 aliphatic rings. The summed E-state index contributed by atoms with van der Waals surface area (Å²) in [5.74, 6) is -0.764. The van der Waals surface area contributed by atoms with Gasteiger partial charge in [0.2, 0.25) is 0 Å². The molecule has 1 N–H and O–H groups in total. The number of aromatic nitrogens is 1. The molecule has 1 rings (SSSR count). The van der Waals surface area contributed by atoms with E-state index < -0.39 is 5.82 Å². The number of pyridine rings is 1. The molecule has 1 unspecified atom stereocenters. The number of rotatable bonds is 2. The monoisotopic (exact) mass is 169 g/mol. The lowest BCUT2D eigenvalue weighted by Crippen LogP contribution is -1.94. The zero-order valence-electron chi connectivity index (χ0n) is 7.21. The van der Waals surface area contributed by atoms with Crippen molar-refractivity contribution in [2.45, 2.75) is 26.2 Å². The van der Waals surface area contributed by atoms with Crippen molar-refractivity contribution >= 4 is 0 Å². The summed E-state index contributed by atoms with van der Waals surface area (Å²) in [6.07, 6.45) is 3.38. The van der Waals surface area contributed by atoms with E-state index in [-0.39, 0.29) is 11.7 Å². The van der Waals surface area contributed by atoms with Crippen LogP contribution in [0.2, 0.25) is 0 Å². The van der Waals surface area contributed by atoms with Crippen molar-refractivity contribution in [2.75, 3.05) is 0 Å². The first kappa shape index (κ1) is 8.97. The molecule has 0 amide bonds. The average Bonchev–Trinajstić information content (AvgIpc) is 2.08. The number of nitrogens with zero attached hydrogens (tertiary/aromatic N) is 1. The number of hydrogen-bond donors (Lipinski definition) is 1. The van der Waals surface area contributed by atoms with Gasteiger partial charge in [-0.05, 0) is 12.3 Å². The maximum atomic E-state index is 12.8. The van der Waals surface area contributed by atoms with Crippen LogP contribution in [0.3, 0.4) is 0 Å². The van der Waals surface area contributed by atoms with Crippen LogP contribution >= 0.6 is 0 Å². The Labute approximate surface area is 71.1 Å². The summed E-state index contributed by atoms with van der Waals surface area (Å²) >= 11 is 0. The topological polar surface area (TPSA) is 33.1 Å². The highest BCUT2D eigenvalue weighted by molar-refractivity contribution is 5.32. The molecule has 0 saturated carbocycles. The first-order chi connectivity index (χ1) is 5.66. The van der Waals surface area contributed by atoms with E-state index in [9.17, 15) is 9.50 Å². The molecule has 12 heavy (non-hydrogen) atoms. The van der Waals surface area contributed by atoms with Gasteiger partial charge in [-0.3, -0.25) is 4.98 Å². The Bertz CT molecular complexity index is 275. The molecule has 0 aliphatic carbocycles. The van der Waals surface area contributed by atoms with Crippen molar-refractivity contribution in [3.63, 3.8) is 0 Å². The molecule has 0 spiro atoms. The first-order valence-electron chi connectivity index (χ1n) is 3.99. The van der Waals surface area contributed by atoms with Crippen molar-refractivity contribution in [3.05, 3.63) is 23.8 Å². The Morgan fingerprint density at radius 3 is 2.83 bits per heavy atom. The number of halogens is 1. The lowest BCUT2D eigenvalue weighted by Gasteiger charge is -2.09. The third-order valence-electron chi connectivity index (χ3n) is 2.04. The molecule has 0 radical (unpaired) electrons. The standard InChI is InChI=1S/C9H12FNO/c1-3-6(2)7-4-11-5-8(10)9(7)12/h4-6H,3H2,1-2H3,(H,11,12). The molecule has 1 heterocycles. The van der Waals surface area contributed by atoms with Crippen LogP contribution in [-0.4, -0.2) is 10.1 Å². The van der Waals surface area contributed by atoms with Gasteiger partial charge in [0.05, 0.1) is 6.20 Å². The van der Waals surface area contributed by atoms with E-state index >= 15 is 0 Å². The number of aromatic hydroxyl groups is 1. The van der Waals surface area contributed by atoms with Crippen LogP contribution in [0.15, 0.2) is 12.4 Å². The minimum atomic E-state index is -0.646. The molecule has 0 saturated heterocycles. The smallest absolute Gasteiger partial charge is 0.183 e. The highest BCUT2D eigenvalue weighted by Crippen LogP contribution is 2.28. The number of hydrogen-bond acceptors (Lipinski definition) is 2. The lowest BCUT2D eigenvalue weighted by molar-refractivity contribution is 0.418. The van der Waals surface area contributed by atoms with E-state index in [1.807, 2.05) is 13.8 Å². The highest BCUT2D eigenvalue weighted by atomic mass is 19.1. The van der Waals surface area contributed by atoms with E-state index in [1.54, 1.807) is 0 Å². The minimum Gasteiger partial charge on any atom is -0.505 e. The maximum Gasteiger partial charge on any atom is 0.183 e. The zero-order valence-corrected chi connectivity index (χ0v) is 7.21. The Kier molecular flexibility index (Phi) is 2.63. The second kappa shape index (κ2) is 3.52. The SMILES string of the molecule is CCC(C)c1cncc(F)c1O. The molecular formula is C9H12FNO. The highest BCUT2D eigenvalue weighted by Gasteiger charge is 2.11. The van der Waals surface area contributed by atoms with Gasteiger partial charge in [0.25, 0.3) is 0 Å². The van der Waals surface area contributed by atoms with Crippen LogP contribution in [0.4, 0.5) is 4.39 Å². The van der Waals surface area contributed by atoms with Crippen molar-refractivity contribution in [1.29, 1.82) is 0 Å². The Hall–Kier alpha value is -1.12. The van der Waals surface area contributed by atoms with Gasteiger partial charge in [-0.15, -0.1) is 0 Å². The summed E-state index contributed by atoms with van der Waals surface area (Å²) in [5, 5.41) is 9.28. The molecule has 1 aromatic heterocycles. The lowest BCUT2D eigenvalue weighted by atomic mass is 10.00. The summed E-state index contributed by atoms with van der Waals surface area (Å²) in [6, 6.07) is 0. The summed E-state index contributed by atoms with van der Waals surface area (Å²) < 4.78 is 12.8. The van der Waals surface area contributed by atoms with Gasteiger partial charge < -0.3 is 5.11 Å². The molecule has 2 nitrogen and oxygen atoms in total. The van der Waals surface area contributed by atoms with Crippen molar-refractivity contribution < 1.29 is 9.50 Å². The molecule has 1 atom stereocenters. The molecular weight excluding hydrogens is 157 g/mol. The molecule has 66 valence electrons. The summed E-state index contributed by atoms with van der Waals surface area (Å²) in [7, 11) is 0. The molecule has 0 fully saturated rings. The molecule has 1 aromatic rings. The first-order valence-corrected chi connectivity index (χ1v) is 3.99. The Morgan fingerprint density at radius 2 is 2.25 bits per heavy atom. The molecule has 0 aliphatic heterocycles. The fourth-order valence-corrected chi connectivity index (χ4v) is 1.02. The van der Waals surface area contributed by atoms with Crippen LogP contribution in [0.25, 0.3) is 0 Å². The third kappa shape index (κ3) is 1.55. The van der Waals surface area contributed by atoms with Gasteiger partial charge in [-0.1, -0.05) is 13.8 Å². The van der Waals surface area contributed by atoms with Gasteiger partial charge in [0, 0.05) is 11.8 Å². The van der Waals surface area contributed by atoms with Gasteiger partial charge in [-0.2, -0.15) is 0 Å². The van der Waals surface area contributed by atoms with Crippen molar-refractivity contribution in [1.82, 2.24) is 4.98 Å². The van der Waals surface area contributed by atoms with E-state index in [4.69, 9.17) is 0 Å². The molecule has 0 bridgehead atoms. The maximum absolute atomic E-state index is 12.8. The van der Waals surface area contributed by atoms with Crippen LogP contribution in [0, 0.1) is 5.82 Å². The zero-order chi connectivity index (χ0) is 9.14. The molecule has 0 aromatic carbocycles. The largest absolute Gasteiger partial charge is 0.505 e.